The highest BCUT2D eigenvalue weighted by Crippen LogP contribution is 2.30. The first-order valence-corrected chi connectivity index (χ1v) is 8.04. The van der Waals surface area contributed by atoms with Crippen LogP contribution in [-0.4, -0.2) is 13.1 Å². The average molecular weight is 388 g/mol. The zero-order valence-electron chi connectivity index (χ0n) is 15.3. The minimum absolute atomic E-state index is 0.0570. The molecule has 2 aromatic carbocycles. The maximum atomic E-state index is 14.4. The molecule has 0 aliphatic heterocycles. The molecule has 0 spiro atoms. The van der Waals surface area contributed by atoms with Crippen molar-refractivity contribution in [1.82, 2.24) is 0 Å². The van der Waals surface area contributed by atoms with Crippen molar-refractivity contribution in [1.29, 1.82) is 0 Å². The first kappa shape index (κ1) is 20.7. The van der Waals surface area contributed by atoms with Crippen LogP contribution >= 0.6 is 0 Å². The van der Waals surface area contributed by atoms with E-state index in [-0.39, 0.29) is 28.2 Å². The Labute approximate surface area is 161 Å². The Bertz CT molecular complexity index is 919. The quantitative estimate of drug-likeness (QED) is 0.358. The highest BCUT2D eigenvalue weighted by atomic mass is 19.1. The molecule has 0 saturated carbocycles. The number of halogens is 2. The van der Waals surface area contributed by atoms with Crippen LogP contribution in [0.1, 0.15) is 6.92 Å². The predicted molar refractivity (Wildman–Crippen MR) is 99.2 cm³/mol. The van der Waals surface area contributed by atoms with Gasteiger partial charge in [-0.2, -0.15) is 0 Å². The monoisotopic (exact) mass is 388 g/mol. The number of carbonyl (C=O) groups is 1. The van der Waals surface area contributed by atoms with E-state index in [0.29, 0.717) is 0 Å². The highest BCUT2D eigenvalue weighted by molar-refractivity contribution is 5.87. The van der Waals surface area contributed by atoms with Crippen molar-refractivity contribution in [2.45, 2.75) is 6.92 Å². The van der Waals surface area contributed by atoms with Gasteiger partial charge in [-0.3, -0.25) is 0 Å². The van der Waals surface area contributed by atoms with Gasteiger partial charge in [-0.05, 0) is 31.2 Å². The smallest absolute Gasteiger partial charge is 0.338 e. The lowest BCUT2D eigenvalue weighted by molar-refractivity contribution is -0.133. The van der Waals surface area contributed by atoms with E-state index in [1.54, 1.807) is 0 Å². The molecular weight excluding hydrogens is 370 g/mol. The molecule has 0 N–H and O–H groups in total. The third-order valence-corrected chi connectivity index (χ3v) is 3.35. The van der Waals surface area contributed by atoms with Gasteiger partial charge in [-0.15, -0.1) is 0 Å². The first-order valence-electron chi connectivity index (χ1n) is 8.04. The second-order valence-corrected chi connectivity index (χ2v) is 5.48. The van der Waals surface area contributed by atoms with Gasteiger partial charge < -0.3 is 18.9 Å². The summed E-state index contributed by atoms with van der Waals surface area (Å²) in [4.78, 5) is 11.2. The van der Waals surface area contributed by atoms with Crippen LogP contribution in [0.5, 0.6) is 11.5 Å². The van der Waals surface area contributed by atoms with Crippen LogP contribution in [0.25, 0.3) is 11.1 Å². The van der Waals surface area contributed by atoms with Crippen LogP contribution < -0.4 is 9.47 Å². The van der Waals surface area contributed by atoms with Gasteiger partial charge in [-0.1, -0.05) is 6.58 Å². The molecular formula is C21H18F2O5. The average Bonchev–Trinajstić information content (AvgIpc) is 2.66. The lowest BCUT2D eigenvalue weighted by Gasteiger charge is -2.08. The number of ether oxygens (including phenoxy) is 4. The number of rotatable bonds is 8. The van der Waals surface area contributed by atoms with Crippen molar-refractivity contribution in [3.63, 3.8) is 0 Å². The second kappa shape index (κ2) is 9.91. The summed E-state index contributed by atoms with van der Waals surface area (Å²) in [5.41, 5.74) is 0.354. The molecule has 146 valence electrons. The molecule has 7 heteroatoms. The molecule has 0 amide bonds. The fraction of sp³-hybridized carbons (Fsp3) is 0.0952. The molecule has 0 aliphatic rings. The lowest BCUT2D eigenvalue weighted by atomic mass is 10.0. The van der Waals surface area contributed by atoms with E-state index in [1.165, 1.54) is 50.8 Å². The Hall–Kier alpha value is -3.61. The molecule has 0 aromatic heterocycles. The summed E-state index contributed by atoms with van der Waals surface area (Å²) in [5.74, 6) is -1.56. The van der Waals surface area contributed by atoms with E-state index in [4.69, 9.17) is 14.2 Å². The van der Waals surface area contributed by atoms with Crippen LogP contribution in [0, 0.1) is 11.6 Å². The molecule has 0 bridgehead atoms. The van der Waals surface area contributed by atoms with Gasteiger partial charge in [0.15, 0.2) is 0 Å². The zero-order chi connectivity index (χ0) is 20.5. The number of hydrogen-bond donors (Lipinski definition) is 0. The Kier molecular flexibility index (Phi) is 7.33. The van der Waals surface area contributed by atoms with Crippen molar-refractivity contribution >= 4 is 5.97 Å². The molecule has 2 rings (SSSR count). The van der Waals surface area contributed by atoms with E-state index in [2.05, 4.69) is 11.3 Å². The van der Waals surface area contributed by atoms with Crippen LogP contribution in [0.4, 0.5) is 8.78 Å². The van der Waals surface area contributed by atoms with E-state index in [0.717, 1.165) is 24.7 Å². The number of benzene rings is 2. The van der Waals surface area contributed by atoms with Crippen molar-refractivity contribution in [3.8, 4) is 22.6 Å². The lowest BCUT2D eigenvalue weighted by Crippen LogP contribution is -1.99. The predicted octanol–water partition coefficient (Wildman–Crippen LogP) is 5.10. The zero-order valence-corrected chi connectivity index (χ0v) is 15.3. The third kappa shape index (κ3) is 5.70. The van der Waals surface area contributed by atoms with Crippen molar-refractivity contribution in [2.24, 2.45) is 0 Å². The largest absolute Gasteiger partial charge is 0.501 e. The van der Waals surface area contributed by atoms with E-state index < -0.39 is 17.6 Å². The van der Waals surface area contributed by atoms with Gasteiger partial charge in [0.2, 0.25) is 0 Å². The summed E-state index contributed by atoms with van der Waals surface area (Å²) >= 11 is 0. The minimum atomic E-state index is -0.684. The molecule has 0 atom stereocenters. The Balaban J connectivity index is 2.09. The third-order valence-electron chi connectivity index (χ3n) is 3.35. The molecule has 0 heterocycles. The maximum Gasteiger partial charge on any atom is 0.338 e. The molecule has 0 saturated heterocycles. The molecule has 5 nitrogen and oxygen atoms in total. The number of methoxy groups -OCH3 is 1. The van der Waals surface area contributed by atoms with Gasteiger partial charge in [0.25, 0.3) is 0 Å². The fourth-order valence-electron chi connectivity index (χ4n) is 2.03. The Morgan fingerprint density at radius 1 is 0.893 bits per heavy atom. The fourth-order valence-corrected chi connectivity index (χ4v) is 2.03. The number of hydrogen-bond acceptors (Lipinski definition) is 5. The van der Waals surface area contributed by atoms with Gasteiger partial charge in [0.05, 0.1) is 7.11 Å². The van der Waals surface area contributed by atoms with Gasteiger partial charge in [0.1, 0.15) is 48.2 Å². The van der Waals surface area contributed by atoms with E-state index in [9.17, 15) is 13.6 Å². The van der Waals surface area contributed by atoms with Gasteiger partial charge in [0, 0.05) is 28.8 Å². The van der Waals surface area contributed by atoms with E-state index >= 15 is 0 Å². The Morgan fingerprint density at radius 2 is 1.39 bits per heavy atom. The molecule has 0 fully saturated rings. The molecule has 0 aliphatic carbocycles. The molecule has 28 heavy (non-hydrogen) atoms. The topological polar surface area (TPSA) is 54.0 Å². The second-order valence-electron chi connectivity index (χ2n) is 5.48. The summed E-state index contributed by atoms with van der Waals surface area (Å²) < 4.78 is 48.4. The van der Waals surface area contributed by atoms with E-state index in [1.807, 2.05) is 0 Å². The summed E-state index contributed by atoms with van der Waals surface area (Å²) in [6.07, 6.45) is 4.63. The normalized spacial score (nSPS) is 10.9. The summed E-state index contributed by atoms with van der Waals surface area (Å²) in [7, 11) is 1.45. The van der Waals surface area contributed by atoms with Crippen LogP contribution in [-0.2, 0) is 14.3 Å². The highest BCUT2D eigenvalue weighted by Gasteiger charge is 2.12. The molecule has 2 aromatic rings. The standard InChI is InChI=1S/C21H18F2O5/c1-14(2)21(24)28-11-10-27-16-5-7-18(20(23)13-16)17-6-4-15(12-19(17)22)26-9-8-25-3/h4-13H,1H2,2-3H3/b9-8-,11-10-. The summed E-state index contributed by atoms with van der Waals surface area (Å²) in [6, 6.07) is 7.96. The van der Waals surface area contributed by atoms with Crippen LogP contribution in [0.3, 0.4) is 0 Å². The van der Waals surface area contributed by atoms with Crippen molar-refractivity contribution in [2.75, 3.05) is 7.11 Å². The maximum absolute atomic E-state index is 14.4. The summed E-state index contributed by atoms with van der Waals surface area (Å²) in [5, 5.41) is 0. The minimum Gasteiger partial charge on any atom is -0.501 e. The molecule has 0 radical (unpaired) electrons. The summed E-state index contributed by atoms with van der Waals surface area (Å²) in [6.45, 7) is 4.93. The van der Waals surface area contributed by atoms with Gasteiger partial charge >= 0.3 is 5.97 Å². The van der Waals surface area contributed by atoms with Gasteiger partial charge in [-0.25, -0.2) is 13.6 Å². The molecule has 0 unspecified atom stereocenters. The Morgan fingerprint density at radius 3 is 1.82 bits per heavy atom. The number of carbonyl (C=O) groups excluding carboxylic acids is 1. The van der Waals surface area contributed by atoms with Crippen molar-refractivity contribution in [3.05, 3.63) is 85.2 Å². The van der Waals surface area contributed by atoms with Crippen molar-refractivity contribution < 1.29 is 32.5 Å². The number of esters is 1. The first-order chi connectivity index (χ1) is 13.4. The SMILES string of the molecule is C=C(C)C(=O)O/C=C\Oc1ccc(-c2ccc(O/C=C\OC)cc2F)c(F)c1. The van der Waals surface area contributed by atoms with Crippen LogP contribution in [0.15, 0.2) is 73.6 Å². The van der Waals surface area contributed by atoms with Crippen LogP contribution in [0.2, 0.25) is 0 Å².